The normalized spacial score (nSPS) is 17.4. The molecule has 0 saturated carbocycles. The number of nitrogens with zero attached hydrogens (tertiary/aromatic N) is 1. The highest BCUT2D eigenvalue weighted by molar-refractivity contribution is 7.81. The van der Waals surface area contributed by atoms with E-state index in [2.05, 4.69) is 25.3 Å². The van der Waals surface area contributed by atoms with Gasteiger partial charge in [0.25, 0.3) is 5.91 Å². The van der Waals surface area contributed by atoms with Crippen LogP contribution in [0.15, 0.2) is 30.3 Å². The molecule has 0 aromatic heterocycles. The van der Waals surface area contributed by atoms with Gasteiger partial charge in [0.2, 0.25) is 0 Å². The third-order valence-electron chi connectivity index (χ3n) is 2.97. The van der Waals surface area contributed by atoms with Crippen LogP contribution in [0.1, 0.15) is 30.6 Å². The molecular formula is C13H21N3OS2. The first-order chi connectivity index (χ1) is 8.81. The van der Waals surface area contributed by atoms with Gasteiger partial charge in [-0.05, 0) is 18.6 Å². The van der Waals surface area contributed by atoms with Gasteiger partial charge in [0.15, 0.2) is 0 Å². The second-order valence-electron chi connectivity index (χ2n) is 4.50. The minimum atomic E-state index is -1.11. The van der Waals surface area contributed by atoms with Gasteiger partial charge in [-0.15, -0.1) is 12.6 Å². The first-order valence-corrected chi connectivity index (χ1v) is 7.11. The molecule has 0 aliphatic carbocycles. The third kappa shape index (κ3) is 3.89. The van der Waals surface area contributed by atoms with Crippen molar-refractivity contribution in [2.45, 2.75) is 36.7 Å². The van der Waals surface area contributed by atoms with Crippen LogP contribution in [-0.4, -0.2) is 27.2 Å². The molecular weight excluding hydrogens is 278 g/mol. The predicted octanol–water partition coefficient (Wildman–Crippen LogP) is 1.68. The summed E-state index contributed by atoms with van der Waals surface area (Å²) in [4.78, 5) is 12.9. The molecule has 3 atom stereocenters. The van der Waals surface area contributed by atoms with Crippen LogP contribution >= 0.6 is 25.3 Å². The lowest BCUT2D eigenvalue weighted by Gasteiger charge is -2.42. The molecule has 4 nitrogen and oxygen atoms in total. The number of carbonyl (C=O) groups excluding carboxylic acids is 1. The molecule has 106 valence electrons. The van der Waals surface area contributed by atoms with Crippen LogP contribution in [0.3, 0.4) is 0 Å². The zero-order valence-electron chi connectivity index (χ0n) is 11.2. The van der Waals surface area contributed by atoms with Crippen molar-refractivity contribution in [3.63, 3.8) is 0 Å². The molecule has 1 aromatic rings. The summed E-state index contributed by atoms with van der Waals surface area (Å²) in [5.41, 5.74) is 12.7. The van der Waals surface area contributed by atoms with E-state index < -0.39 is 11.2 Å². The molecule has 3 unspecified atom stereocenters. The van der Waals surface area contributed by atoms with Gasteiger partial charge in [-0.3, -0.25) is 9.69 Å². The molecule has 6 heteroatoms. The zero-order valence-corrected chi connectivity index (χ0v) is 12.9. The lowest BCUT2D eigenvalue weighted by molar-refractivity contribution is 0.0526. The summed E-state index contributed by atoms with van der Waals surface area (Å²) in [7, 11) is 0. The molecule has 4 N–H and O–H groups in total. The fourth-order valence-corrected chi connectivity index (χ4v) is 2.03. The Morgan fingerprint density at radius 2 is 1.95 bits per heavy atom. The number of nitrogens with two attached hydrogens (primary N) is 2. The number of carbonyl (C=O) groups is 1. The van der Waals surface area contributed by atoms with Gasteiger partial charge in [-0.2, -0.15) is 12.6 Å². The first-order valence-electron chi connectivity index (χ1n) is 6.15. The van der Waals surface area contributed by atoms with Gasteiger partial charge in [0.1, 0.15) is 4.99 Å². The Hall–Kier alpha value is -0.690. The molecule has 0 spiro atoms. The maximum atomic E-state index is 12.6. The van der Waals surface area contributed by atoms with Gasteiger partial charge in [-0.1, -0.05) is 32.0 Å². The maximum absolute atomic E-state index is 12.6. The molecule has 0 saturated heterocycles. The number of benzene rings is 1. The molecule has 1 aromatic carbocycles. The highest BCUT2D eigenvalue weighted by Gasteiger charge is 2.37. The van der Waals surface area contributed by atoms with Crippen molar-refractivity contribution >= 4 is 31.2 Å². The Morgan fingerprint density at radius 1 is 1.42 bits per heavy atom. The Balaban J connectivity index is 3.14. The van der Waals surface area contributed by atoms with Crippen molar-refractivity contribution in [2.24, 2.45) is 11.5 Å². The van der Waals surface area contributed by atoms with Gasteiger partial charge in [0, 0.05) is 10.8 Å². The third-order valence-corrected chi connectivity index (χ3v) is 3.81. The minimum Gasteiger partial charge on any atom is -0.310 e. The van der Waals surface area contributed by atoms with Crippen LogP contribution in [0.4, 0.5) is 0 Å². The van der Waals surface area contributed by atoms with Crippen molar-refractivity contribution in [3.8, 4) is 0 Å². The topological polar surface area (TPSA) is 72.3 Å². The summed E-state index contributed by atoms with van der Waals surface area (Å²) in [6.07, 6.45) is -0.137. The second kappa shape index (κ2) is 6.65. The molecule has 1 rings (SSSR count). The molecule has 0 fully saturated rings. The molecule has 0 heterocycles. The van der Waals surface area contributed by atoms with E-state index in [-0.39, 0.29) is 11.2 Å². The van der Waals surface area contributed by atoms with Crippen LogP contribution in [0.25, 0.3) is 0 Å². The Bertz CT molecular complexity index is 423. The van der Waals surface area contributed by atoms with Gasteiger partial charge >= 0.3 is 0 Å². The smallest absolute Gasteiger partial charge is 0.257 e. The number of thiol groups is 2. The Labute approximate surface area is 125 Å². The van der Waals surface area contributed by atoms with E-state index in [1.54, 1.807) is 24.3 Å². The summed E-state index contributed by atoms with van der Waals surface area (Å²) in [5.74, 6) is -0.242. The average molecular weight is 299 g/mol. The van der Waals surface area contributed by atoms with E-state index in [0.29, 0.717) is 12.0 Å². The summed E-state index contributed by atoms with van der Waals surface area (Å²) < 4.78 is 0. The van der Waals surface area contributed by atoms with Crippen LogP contribution in [-0.2, 0) is 0 Å². The zero-order chi connectivity index (χ0) is 14.6. The quantitative estimate of drug-likeness (QED) is 0.494. The molecule has 0 radical (unpaired) electrons. The average Bonchev–Trinajstić information content (AvgIpc) is 2.39. The molecule has 19 heavy (non-hydrogen) atoms. The molecule has 0 aliphatic rings. The number of amides is 1. The van der Waals surface area contributed by atoms with E-state index in [4.69, 9.17) is 11.5 Å². The van der Waals surface area contributed by atoms with E-state index in [0.717, 1.165) is 0 Å². The highest BCUT2D eigenvalue weighted by Crippen LogP contribution is 2.24. The number of hydrogen-bond acceptors (Lipinski definition) is 5. The van der Waals surface area contributed by atoms with Gasteiger partial charge in [0.05, 0.1) is 6.17 Å². The van der Waals surface area contributed by atoms with Crippen molar-refractivity contribution in [1.82, 2.24) is 4.90 Å². The van der Waals surface area contributed by atoms with E-state index in [1.807, 2.05) is 19.9 Å². The van der Waals surface area contributed by atoms with E-state index >= 15 is 0 Å². The van der Waals surface area contributed by atoms with E-state index in [1.165, 1.54) is 4.90 Å². The van der Waals surface area contributed by atoms with Crippen LogP contribution in [0, 0.1) is 0 Å². The van der Waals surface area contributed by atoms with Gasteiger partial charge in [-0.25, -0.2) is 0 Å². The highest BCUT2D eigenvalue weighted by atomic mass is 32.1. The fourth-order valence-electron chi connectivity index (χ4n) is 1.68. The summed E-state index contributed by atoms with van der Waals surface area (Å²) in [6, 6.07) is 8.89. The first kappa shape index (κ1) is 16.4. The SMILES string of the molecule is CCC(N)(S)N(C(=O)c1ccccc1)C(N)C(C)S. The van der Waals surface area contributed by atoms with Crippen LogP contribution in [0.2, 0.25) is 0 Å². The lowest BCUT2D eigenvalue weighted by Crippen LogP contribution is -2.63. The monoisotopic (exact) mass is 299 g/mol. The van der Waals surface area contributed by atoms with Crippen LogP contribution < -0.4 is 11.5 Å². The summed E-state index contributed by atoms with van der Waals surface area (Å²) >= 11 is 8.68. The largest absolute Gasteiger partial charge is 0.310 e. The summed E-state index contributed by atoms with van der Waals surface area (Å²) in [5, 5.41) is -0.214. The Kier molecular flexibility index (Phi) is 5.73. The lowest BCUT2D eigenvalue weighted by atomic mass is 10.1. The Morgan fingerprint density at radius 3 is 2.37 bits per heavy atom. The molecule has 0 bridgehead atoms. The van der Waals surface area contributed by atoms with E-state index in [9.17, 15) is 4.79 Å². The molecule has 0 aliphatic heterocycles. The second-order valence-corrected chi connectivity index (χ2v) is 6.09. The fraction of sp³-hybridized carbons (Fsp3) is 0.462. The van der Waals surface area contributed by atoms with Crippen LogP contribution in [0.5, 0.6) is 0 Å². The predicted molar refractivity (Wildman–Crippen MR) is 85.2 cm³/mol. The van der Waals surface area contributed by atoms with Crippen molar-refractivity contribution in [2.75, 3.05) is 0 Å². The summed E-state index contributed by atoms with van der Waals surface area (Å²) in [6.45, 7) is 3.67. The minimum absolute atomic E-state index is 0.214. The number of hydrogen-bond donors (Lipinski definition) is 4. The van der Waals surface area contributed by atoms with Crippen molar-refractivity contribution in [1.29, 1.82) is 0 Å². The van der Waals surface area contributed by atoms with Crippen molar-refractivity contribution < 1.29 is 4.79 Å². The maximum Gasteiger partial charge on any atom is 0.257 e. The van der Waals surface area contributed by atoms with Crippen molar-refractivity contribution in [3.05, 3.63) is 35.9 Å². The van der Waals surface area contributed by atoms with Gasteiger partial charge < -0.3 is 11.5 Å². The standard InChI is InChI=1S/C13H21N3OS2/c1-3-13(15,19)16(11(14)9(2)18)12(17)10-7-5-4-6-8-10/h4-9,11,18-19H,3,14-15H2,1-2H3. The molecule has 1 amide bonds. The number of rotatable bonds is 5.